The summed E-state index contributed by atoms with van der Waals surface area (Å²) in [6.45, 7) is 5.38. The zero-order chi connectivity index (χ0) is 28.2. The molecule has 1 N–H and O–H groups in total. The summed E-state index contributed by atoms with van der Waals surface area (Å²) in [5.74, 6) is -0.886. The predicted octanol–water partition coefficient (Wildman–Crippen LogP) is 3.92. The number of aromatic nitrogens is 3. The lowest BCUT2D eigenvalue weighted by Gasteiger charge is -2.34. The predicted molar refractivity (Wildman–Crippen MR) is 146 cm³/mol. The van der Waals surface area contributed by atoms with Crippen LogP contribution in [0.25, 0.3) is 11.0 Å². The van der Waals surface area contributed by atoms with Gasteiger partial charge in [-0.3, -0.25) is 14.5 Å². The molecular formula is C29H31N5O5. The van der Waals surface area contributed by atoms with E-state index in [1.54, 1.807) is 48.5 Å². The molecule has 0 spiro atoms. The van der Waals surface area contributed by atoms with Crippen LogP contribution >= 0.6 is 0 Å². The van der Waals surface area contributed by atoms with Crippen LogP contribution in [0.15, 0.2) is 72.8 Å². The van der Waals surface area contributed by atoms with E-state index < -0.39 is 29.4 Å². The van der Waals surface area contributed by atoms with Crippen LogP contribution in [-0.2, 0) is 20.9 Å². The maximum absolute atomic E-state index is 14.2. The van der Waals surface area contributed by atoms with E-state index in [1.807, 2.05) is 39.0 Å². The highest BCUT2D eigenvalue weighted by Gasteiger charge is 2.35. The third kappa shape index (κ3) is 6.23. The van der Waals surface area contributed by atoms with Gasteiger partial charge in [-0.25, -0.2) is 9.48 Å². The molecule has 0 unspecified atom stereocenters. The first-order valence-electron chi connectivity index (χ1n) is 12.4. The van der Waals surface area contributed by atoms with Crippen molar-refractivity contribution >= 4 is 34.5 Å². The fraction of sp³-hybridized carbons (Fsp3) is 0.276. The summed E-state index contributed by atoms with van der Waals surface area (Å²) >= 11 is 0. The molecule has 10 heteroatoms. The summed E-state index contributed by atoms with van der Waals surface area (Å²) in [6.07, 6.45) is 0. The van der Waals surface area contributed by atoms with Gasteiger partial charge in [0.05, 0.1) is 25.3 Å². The molecule has 0 saturated carbocycles. The number of carbonyl (C=O) groups excluding carboxylic acids is 3. The van der Waals surface area contributed by atoms with Crippen LogP contribution in [0.2, 0.25) is 0 Å². The minimum atomic E-state index is -1.10. The molecule has 1 heterocycles. The highest BCUT2D eigenvalue weighted by atomic mass is 16.5. The van der Waals surface area contributed by atoms with Crippen LogP contribution in [0.3, 0.4) is 0 Å². The molecule has 0 saturated heterocycles. The van der Waals surface area contributed by atoms with Crippen molar-refractivity contribution in [2.24, 2.45) is 0 Å². The molecular weight excluding hydrogens is 498 g/mol. The molecule has 1 atom stereocenters. The number of rotatable bonds is 8. The number of ether oxygens (including phenoxy) is 2. The largest absolute Gasteiger partial charge is 0.497 e. The van der Waals surface area contributed by atoms with Crippen molar-refractivity contribution in [1.29, 1.82) is 0 Å². The quantitative estimate of drug-likeness (QED) is 0.344. The van der Waals surface area contributed by atoms with Gasteiger partial charge < -0.3 is 14.8 Å². The summed E-state index contributed by atoms with van der Waals surface area (Å²) < 4.78 is 11.8. The Bertz CT molecular complexity index is 1510. The summed E-state index contributed by atoms with van der Waals surface area (Å²) in [5, 5.41) is 11.3. The van der Waals surface area contributed by atoms with Crippen LogP contribution in [0.5, 0.6) is 5.75 Å². The zero-order valence-electron chi connectivity index (χ0n) is 22.5. The molecule has 10 nitrogen and oxygen atoms in total. The van der Waals surface area contributed by atoms with Crippen molar-refractivity contribution in [1.82, 2.24) is 20.3 Å². The Morgan fingerprint density at radius 2 is 1.72 bits per heavy atom. The molecule has 0 radical (unpaired) electrons. The topological polar surface area (TPSA) is 116 Å². The highest BCUT2D eigenvalue weighted by Crippen LogP contribution is 2.32. The molecule has 0 fully saturated rings. The van der Waals surface area contributed by atoms with Crippen LogP contribution < -0.4 is 15.0 Å². The number of hydrogen-bond donors (Lipinski definition) is 1. The van der Waals surface area contributed by atoms with Gasteiger partial charge in [0.25, 0.3) is 0 Å². The molecule has 1 aromatic heterocycles. The number of amides is 2. The number of methoxy groups -OCH3 is 2. The normalized spacial score (nSPS) is 12.0. The van der Waals surface area contributed by atoms with Crippen LogP contribution in [0.1, 0.15) is 42.7 Å². The van der Waals surface area contributed by atoms with E-state index in [-0.39, 0.29) is 12.1 Å². The van der Waals surface area contributed by atoms with E-state index in [0.717, 1.165) is 0 Å². The van der Waals surface area contributed by atoms with Gasteiger partial charge in [-0.1, -0.05) is 35.5 Å². The summed E-state index contributed by atoms with van der Waals surface area (Å²) in [5.41, 5.74) is 1.82. The van der Waals surface area contributed by atoms with Crippen molar-refractivity contribution in [3.63, 3.8) is 0 Å². The Balaban J connectivity index is 1.88. The molecule has 202 valence electrons. The second-order valence-electron chi connectivity index (χ2n) is 9.96. The van der Waals surface area contributed by atoms with E-state index in [2.05, 4.69) is 15.6 Å². The monoisotopic (exact) mass is 529 g/mol. The zero-order valence-corrected chi connectivity index (χ0v) is 22.5. The van der Waals surface area contributed by atoms with E-state index in [0.29, 0.717) is 28.0 Å². The van der Waals surface area contributed by atoms with Gasteiger partial charge in [0, 0.05) is 11.2 Å². The van der Waals surface area contributed by atoms with Crippen molar-refractivity contribution in [2.75, 3.05) is 19.1 Å². The number of esters is 1. The van der Waals surface area contributed by atoms with Gasteiger partial charge in [0.2, 0.25) is 11.8 Å². The summed E-state index contributed by atoms with van der Waals surface area (Å²) in [4.78, 5) is 41.8. The fourth-order valence-electron chi connectivity index (χ4n) is 4.24. The highest BCUT2D eigenvalue weighted by molar-refractivity contribution is 6.02. The minimum absolute atomic E-state index is 0.202. The Hall–Kier alpha value is -4.73. The van der Waals surface area contributed by atoms with Crippen LogP contribution in [-0.4, -0.2) is 52.5 Å². The van der Waals surface area contributed by atoms with Gasteiger partial charge in [0.15, 0.2) is 0 Å². The molecule has 4 aromatic rings. The van der Waals surface area contributed by atoms with E-state index in [4.69, 9.17) is 9.47 Å². The number of anilines is 1. The summed E-state index contributed by atoms with van der Waals surface area (Å²) in [7, 11) is 2.81. The van der Waals surface area contributed by atoms with Gasteiger partial charge in [-0.05, 0) is 68.8 Å². The van der Waals surface area contributed by atoms with Crippen LogP contribution in [0.4, 0.5) is 5.69 Å². The van der Waals surface area contributed by atoms with Crippen molar-refractivity contribution in [3.05, 3.63) is 83.9 Å². The lowest BCUT2D eigenvalue weighted by Crippen LogP contribution is -2.50. The van der Waals surface area contributed by atoms with Gasteiger partial charge in [-0.15, -0.1) is 5.10 Å². The lowest BCUT2D eigenvalue weighted by atomic mass is 10.00. The average molecular weight is 530 g/mol. The molecule has 0 aliphatic carbocycles. The number of nitrogens with one attached hydrogen (secondary N) is 1. The first kappa shape index (κ1) is 27.3. The third-order valence-electron chi connectivity index (χ3n) is 5.93. The molecule has 39 heavy (non-hydrogen) atoms. The third-order valence-corrected chi connectivity index (χ3v) is 5.93. The second kappa shape index (κ2) is 11.3. The number of benzene rings is 3. The van der Waals surface area contributed by atoms with Gasteiger partial charge in [0.1, 0.15) is 23.9 Å². The Morgan fingerprint density at radius 1 is 0.974 bits per heavy atom. The summed E-state index contributed by atoms with van der Waals surface area (Å²) in [6, 6.07) is 19.6. The molecule has 0 aliphatic rings. The van der Waals surface area contributed by atoms with Crippen molar-refractivity contribution < 1.29 is 23.9 Å². The smallest absolute Gasteiger partial charge is 0.337 e. The van der Waals surface area contributed by atoms with Gasteiger partial charge >= 0.3 is 5.97 Å². The molecule has 3 aromatic carbocycles. The first-order chi connectivity index (χ1) is 18.6. The van der Waals surface area contributed by atoms with E-state index in [1.165, 1.54) is 29.9 Å². The number of para-hydroxylation sites is 1. The molecule has 0 aliphatic heterocycles. The SMILES string of the molecule is COC(=O)c1cccc(N(C(=O)Cn2nnc3ccccc32)[C@@H](C(=O)NC(C)(C)C)c2cccc(OC)c2)c1. The standard InChI is InChI=1S/C29H31N5O5/c1-29(2,3)30-27(36)26(19-10-9-13-22(17-19)38-4)34(21-12-8-11-20(16-21)28(37)39-5)25(35)18-33-24-15-7-6-14-23(24)31-32-33/h6-17,26H,18H2,1-5H3,(H,30,36)/t26-/m1/s1. The van der Waals surface area contributed by atoms with Crippen molar-refractivity contribution in [3.8, 4) is 5.75 Å². The number of fused-ring (bicyclic) bond motifs is 1. The van der Waals surface area contributed by atoms with Gasteiger partial charge in [-0.2, -0.15) is 0 Å². The van der Waals surface area contributed by atoms with Crippen LogP contribution in [0, 0.1) is 0 Å². The fourth-order valence-corrected chi connectivity index (χ4v) is 4.24. The lowest BCUT2D eigenvalue weighted by molar-refractivity contribution is -0.128. The second-order valence-corrected chi connectivity index (χ2v) is 9.96. The minimum Gasteiger partial charge on any atom is -0.497 e. The Kier molecular flexibility index (Phi) is 7.94. The first-order valence-corrected chi connectivity index (χ1v) is 12.4. The number of nitrogens with zero attached hydrogens (tertiary/aromatic N) is 4. The van der Waals surface area contributed by atoms with Crippen molar-refractivity contribution in [2.45, 2.75) is 38.9 Å². The molecule has 0 bridgehead atoms. The Morgan fingerprint density at radius 3 is 2.44 bits per heavy atom. The molecule has 2 amide bonds. The van der Waals surface area contributed by atoms with E-state index >= 15 is 0 Å². The maximum atomic E-state index is 14.2. The average Bonchev–Trinajstić information content (AvgIpc) is 3.32. The molecule has 4 rings (SSSR count). The Labute approximate surface area is 226 Å². The number of carbonyl (C=O) groups is 3. The van der Waals surface area contributed by atoms with E-state index in [9.17, 15) is 14.4 Å². The number of hydrogen-bond acceptors (Lipinski definition) is 7. The maximum Gasteiger partial charge on any atom is 0.337 e.